The third kappa shape index (κ3) is 8.10. The van der Waals surface area contributed by atoms with E-state index in [4.69, 9.17) is 0 Å². The molecule has 0 atom stereocenters. The predicted molar refractivity (Wildman–Crippen MR) is 222 cm³/mol. The molecule has 50 heavy (non-hydrogen) atoms. The molecule has 0 amide bonds. The number of halogens is 3. The molecule has 0 heterocycles. The minimum absolute atomic E-state index is 0. The van der Waals surface area contributed by atoms with E-state index in [0.717, 1.165) is 0 Å². The number of rotatable bonds is 7. The van der Waals surface area contributed by atoms with Crippen LogP contribution in [-0.4, -0.2) is 32.3 Å². The fourth-order valence-corrected chi connectivity index (χ4v) is 27.8. The summed E-state index contributed by atoms with van der Waals surface area (Å²) in [4.78, 5) is 0. The maximum Gasteiger partial charge on any atom is 4.00 e. The van der Waals surface area contributed by atoms with Crippen molar-refractivity contribution >= 4 is 68.6 Å². The molecule has 4 rings (SSSR count). The molecule has 0 saturated carbocycles. The predicted octanol–water partition coefficient (Wildman–Crippen LogP) is -1.49. The molecule has 0 aliphatic heterocycles. The molecule has 8 heteroatoms. The molecule has 0 saturated heterocycles. The van der Waals surface area contributed by atoms with E-state index in [2.05, 4.69) is 165 Å². The Hall–Kier alpha value is -0.538. The standard InChI is InChI=1S/C42H63Si4.3ClH.Ti/c1-26-20-23-29(4)39(36(26)43(11,12)13)46(42-34(9)32(7)33(8)35(42)10,40-30(5)24-21-27(2)37(40)44(14,15)16)41-31(6)25-22-28(3)38(41)45(17,18)19;;;;/h20-25H,1-19H3;3*1H;/q-1;;;;+4/p-3. The average Bonchev–Trinajstić information content (AvgIpc) is 3.10. The van der Waals surface area contributed by atoms with Gasteiger partial charge in [0.1, 0.15) is 8.07 Å². The van der Waals surface area contributed by atoms with Gasteiger partial charge in [-0.1, -0.05) is 188 Å². The van der Waals surface area contributed by atoms with E-state index in [-0.39, 0.29) is 58.9 Å². The Morgan fingerprint density at radius 1 is 0.340 bits per heavy atom. The van der Waals surface area contributed by atoms with Gasteiger partial charge in [0.2, 0.25) is 0 Å². The van der Waals surface area contributed by atoms with Crippen LogP contribution in [0.15, 0.2) is 36.4 Å². The molecular weight excluding hydrogens is 771 g/mol. The maximum absolute atomic E-state index is 2.99. The zero-order chi connectivity index (χ0) is 35.1. The van der Waals surface area contributed by atoms with Gasteiger partial charge in [0.15, 0.2) is 0 Å². The van der Waals surface area contributed by atoms with Crippen LogP contribution in [0.5, 0.6) is 0 Å². The van der Waals surface area contributed by atoms with E-state index in [1.165, 1.54) is 55.6 Å². The largest absolute Gasteiger partial charge is 4.00 e. The molecule has 0 aromatic heterocycles. The Balaban J connectivity index is 0.00000600. The minimum Gasteiger partial charge on any atom is -1.00 e. The van der Waals surface area contributed by atoms with Gasteiger partial charge in [-0.05, 0) is 41.5 Å². The minimum atomic E-state index is -2.99. The SMILES string of the molecule is Cc1ccc(C)c([Si](c2c(C)ccc(C)c2[Si](C)(C)C)(c2c(C)ccc(C)c2[Si](C)(C)C)[c-]2c(C)c(C)c(C)c2C)c1[Si](C)(C)C.[Cl-].[Cl-].[Cl-].[Ti+4]. The van der Waals surface area contributed by atoms with Crippen molar-refractivity contribution in [2.45, 2.75) is 128 Å². The van der Waals surface area contributed by atoms with E-state index in [0.29, 0.717) is 0 Å². The molecule has 4 aromatic rings. The van der Waals surface area contributed by atoms with Crippen molar-refractivity contribution in [1.82, 2.24) is 0 Å². The second kappa shape index (κ2) is 16.9. The van der Waals surface area contributed by atoms with Crippen molar-refractivity contribution in [1.29, 1.82) is 0 Å². The van der Waals surface area contributed by atoms with Gasteiger partial charge in [-0.25, -0.2) is 0 Å². The average molecular weight is 835 g/mol. The van der Waals surface area contributed by atoms with E-state index in [1.54, 1.807) is 36.3 Å². The number of aryl methyl sites for hydroxylation is 6. The molecule has 0 unspecified atom stereocenters. The second-order valence-electron chi connectivity index (χ2n) is 17.7. The summed E-state index contributed by atoms with van der Waals surface area (Å²) in [6.07, 6.45) is 0. The van der Waals surface area contributed by atoms with Crippen LogP contribution in [0.4, 0.5) is 0 Å². The van der Waals surface area contributed by atoms with Crippen LogP contribution in [0, 0.1) is 69.2 Å². The Bertz CT molecular complexity index is 1660. The van der Waals surface area contributed by atoms with Crippen LogP contribution in [-0.2, 0) is 21.7 Å². The molecule has 0 spiro atoms. The fourth-order valence-electron chi connectivity index (χ4n) is 9.31. The fraction of sp³-hybridized carbons (Fsp3) is 0.452. The van der Waals surface area contributed by atoms with E-state index >= 15 is 0 Å². The van der Waals surface area contributed by atoms with Gasteiger partial charge in [-0.2, -0.15) is 22.3 Å². The molecule has 4 aromatic carbocycles. The van der Waals surface area contributed by atoms with Crippen molar-refractivity contribution in [3.05, 3.63) is 92.0 Å². The zero-order valence-electron chi connectivity index (χ0n) is 34.6. The topological polar surface area (TPSA) is 0 Å². The van der Waals surface area contributed by atoms with Gasteiger partial charge in [0.25, 0.3) is 0 Å². The van der Waals surface area contributed by atoms with Crippen LogP contribution in [0.2, 0.25) is 58.9 Å². The molecule has 0 N–H and O–H groups in total. The number of benzene rings is 3. The summed E-state index contributed by atoms with van der Waals surface area (Å²) in [5.74, 6) is 0. The van der Waals surface area contributed by atoms with Crippen molar-refractivity contribution in [3.8, 4) is 0 Å². The summed E-state index contributed by atoms with van der Waals surface area (Å²) in [6.45, 7) is 47.8. The molecule has 0 aliphatic carbocycles. The monoisotopic (exact) mass is 832 g/mol. The molecular formula is C42H63Cl3Si4Ti. The first-order valence-electron chi connectivity index (χ1n) is 17.5. The van der Waals surface area contributed by atoms with Gasteiger partial charge in [0.05, 0.1) is 24.2 Å². The first-order valence-corrected chi connectivity index (χ1v) is 30.0. The first kappa shape index (κ1) is 49.5. The molecule has 0 nitrogen and oxygen atoms in total. The van der Waals surface area contributed by atoms with Crippen molar-refractivity contribution in [2.24, 2.45) is 0 Å². The Labute approximate surface area is 345 Å². The third-order valence-corrected chi connectivity index (χ3v) is 23.9. The van der Waals surface area contributed by atoms with Crippen LogP contribution < -0.4 is 73.5 Å². The van der Waals surface area contributed by atoms with Crippen LogP contribution in [0.1, 0.15) is 55.6 Å². The van der Waals surface area contributed by atoms with E-state index < -0.39 is 32.3 Å². The van der Waals surface area contributed by atoms with Gasteiger partial charge in [-0.15, -0.1) is 5.19 Å². The molecule has 272 valence electrons. The number of hydrogen-bond acceptors (Lipinski definition) is 0. The smallest absolute Gasteiger partial charge is 1.00 e. The Morgan fingerprint density at radius 3 is 0.700 bits per heavy atom. The van der Waals surface area contributed by atoms with Crippen LogP contribution in [0.3, 0.4) is 0 Å². The molecule has 0 radical (unpaired) electrons. The van der Waals surface area contributed by atoms with Crippen molar-refractivity contribution < 1.29 is 58.9 Å². The van der Waals surface area contributed by atoms with E-state index in [1.807, 2.05) is 0 Å². The zero-order valence-corrected chi connectivity index (χ0v) is 42.4. The summed E-state index contributed by atoms with van der Waals surface area (Å²) in [5, 5.41) is 12.0. The Morgan fingerprint density at radius 2 is 0.520 bits per heavy atom. The van der Waals surface area contributed by atoms with Gasteiger partial charge in [0, 0.05) is 0 Å². The molecule has 0 bridgehead atoms. The second-order valence-corrected chi connectivity index (χ2v) is 36.2. The quantitative estimate of drug-likeness (QED) is 0.121. The summed E-state index contributed by atoms with van der Waals surface area (Å²) >= 11 is 0. The summed E-state index contributed by atoms with van der Waals surface area (Å²) < 4.78 is 0. The van der Waals surface area contributed by atoms with Crippen molar-refractivity contribution in [3.63, 3.8) is 0 Å². The maximum atomic E-state index is 2.60. The third-order valence-electron chi connectivity index (χ3n) is 11.1. The van der Waals surface area contributed by atoms with Crippen LogP contribution in [0.25, 0.3) is 0 Å². The van der Waals surface area contributed by atoms with Crippen LogP contribution >= 0.6 is 0 Å². The Kier molecular flexibility index (Phi) is 16.7. The van der Waals surface area contributed by atoms with Gasteiger partial charge >= 0.3 is 21.7 Å². The first-order chi connectivity index (χ1) is 20.9. The summed E-state index contributed by atoms with van der Waals surface area (Å²) in [6, 6.07) is 14.8. The van der Waals surface area contributed by atoms with Crippen molar-refractivity contribution in [2.75, 3.05) is 0 Å². The summed E-state index contributed by atoms with van der Waals surface area (Å²) in [5.41, 5.74) is 15.0. The summed E-state index contributed by atoms with van der Waals surface area (Å²) in [7, 11) is -8.49. The molecule has 0 fully saturated rings. The van der Waals surface area contributed by atoms with Gasteiger partial charge < -0.3 is 37.2 Å². The van der Waals surface area contributed by atoms with E-state index in [9.17, 15) is 0 Å². The normalized spacial score (nSPS) is 12.1. The van der Waals surface area contributed by atoms with Gasteiger partial charge in [-0.3, -0.25) is 0 Å². The number of hydrogen-bond donors (Lipinski definition) is 0. The molecule has 0 aliphatic rings.